The lowest BCUT2D eigenvalue weighted by Crippen LogP contribution is -2.31. The molecule has 4 aromatic rings. The molecule has 0 spiro atoms. The lowest BCUT2D eigenvalue weighted by molar-refractivity contribution is -0.112. The first-order chi connectivity index (χ1) is 20.4. The minimum atomic E-state index is -0.527. The van der Waals surface area contributed by atoms with E-state index in [9.17, 15) is 19.2 Å². The second-order valence-corrected chi connectivity index (χ2v) is 10.6. The molecule has 0 bridgehead atoms. The average molecular weight is 557 g/mol. The molecule has 2 heterocycles. The summed E-state index contributed by atoms with van der Waals surface area (Å²) in [5.41, 5.74) is 4.76. The molecule has 0 fully saturated rings. The fourth-order valence-electron chi connectivity index (χ4n) is 5.68. The van der Waals surface area contributed by atoms with E-state index in [-0.39, 0.29) is 23.8 Å². The number of fused-ring (bicyclic) bond motifs is 3. The summed E-state index contributed by atoms with van der Waals surface area (Å²) in [4.78, 5) is 53.6. The second kappa shape index (κ2) is 9.88. The van der Waals surface area contributed by atoms with Crippen LogP contribution in [0.1, 0.15) is 54.3 Å². The lowest BCUT2D eigenvalue weighted by Gasteiger charge is -2.28. The first-order valence-electron chi connectivity index (χ1n) is 13.6. The van der Waals surface area contributed by atoms with Crippen LogP contribution in [0.25, 0.3) is 5.76 Å². The van der Waals surface area contributed by atoms with Gasteiger partial charge in [-0.05, 0) is 19.1 Å². The van der Waals surface area contributed by atoms with E-state index in [4.69, 9.17) is 4.74 Å². The zero-order valence-electron chi connectivity index (χ0n) is 22.6. The number of carbonyl (C=O) groups excluding carboxylic acids is 4. The van der Waals surface area contributed by atoms with Gasteiger partial charge in [0.25, 0.3) is 0 Å². The predicted octanol–water partition coefficient (Wildman–Crippen LogP) is 4.52. The van der Waals surface area contributed by atoms with Crippen molar-refractivity contribution in [3.8, 4) is 0 Å². The van der Waals surface area contributed by atoms with Crippen LogP contribution < -0.4 is 4.90 Å². The van der Waals surface area contributed by atoms with Crippen LogP contribution in [-0.4, -0.2) is 44.2 Å². The first-order valence-corrected chi connectivity index (χ1v) is 13.6. The molecule has 3 aliphatic rings. The van der Waals surface area contributed by atoms with Crippen LogP contribution in [0, 0.1) is 6.92 Å². The Morgan fingerprint density at radius 1 is 0.833 bits per heavy atom. The number of hydrogen-bond acceptors (Lipinski definition) is 8. The maximum Gasteiger partial charge on any atom is 0.234 e. The number of Topliss-reactive ketones (excluding diaryl/α,β-unsaturated/α-hetero) is 3. The Kier molecular flexibility index (Phi) is 6.00. The van der Waals surface area contributed by atoms with Gasteiger partial charge in [-0.15, -0.1) is 5.10 Å². The topological polar surface area (TPSA) is 111 Å². The molecule has 1 unspecified atom stereocenters. The Hall–Kier alpha value is -5.44. The van der Waals surface area contributed by atoms with Gasteiger partial charge in [0.1, 0.15) is 17.6 Å². The second-order valence-electron chi connectivity index (χ2n) is 10.6. The fraction of sp³-hybridized carbons (Fsp3) is 0.152. The molecule has 0 saturated carbocycles. The van der Waals surface area contributed by atoms with Gasteiger partial charge in [-0.1, -0.05) is 71.4 Å². The molecular formula is C33H24N4O5. The minimum Gasteiger partial charge on any atom is -0.487 e. The van der Waals surface area contributed by atoms with E-state index < -0.39 is 17.7 Å². The zero-order valence-corrected chi connectivity index (χ0v) is 22.6. The van der Waals surface area contributed by atoms with Crippen molar-refractivity contribution in [1.82, 2.24) is 15.0 Å². The van der Waals surface area contributed by atoms with Gasteiger partial charge in [-0.25, -0.2) is 4.68 Å². The standard InChI is InChI=1S/C33H24N4O5/c1-19-10-12-21(13-11-19)37(28-15-29(38)23-6-2-3-7-24(23)30(28)39)17-20-16-36(35-34-20)18-22-14-27-32(41)31(40)25-8-4-5-9-26(25)33(27)42-22/h2-13,15-16,22H,14,17-18H2,1H3. The van der Waals surface area contributed by atoms with Crippen molar-refractivity contribution in [3.05, 3.63) is 130 Å². The van der Waals surface area contributed by atoms with Crippen molar-refractivity contribution in [2.45, 2.75) is 32.5 Å². The summed E-state index contributed by atoms with van der Waals surface area (Å²) < 4.78 is 7.78. The quantitative estimate of drug-likeness (QED) is 0.319. The monoisotopic (exact) mass is 556 g/mol. The third-order valence-corrected chi connectivity index (χ3v) is 7.76. The molecule has 0 amide bonds. The molecule has 3 aromatic carbocycles. The summed E-state index contributed by atoms with van der Waals surface area (Å²) in [5, 5.41) is 8.61. The number of allylic oxidation sites excluding steroid dienone is 2. The summed E-state index contributed by atoms with van der Waals surface area (Å²) in [6.07, 6.45) is 3.03. The number of ketones is 4. The number of carbonyl (C=O) groups is 4. The summed E-state index contributed by atoms with van der Waals surface area (Å²) in [7, 11) is 0. The Morgan fingerprint density at radius 2 is 1.50 bits per heavy atom. The highest BCUT2D eigenvalue weighted by molar-refractivity contribution is 6.52. The number of nitrogens with zero attached hydrogens (tertiary/aromatic N) is 4. The summed E-state index contributed by atoms with van der Waals surface area (Å²) >= 11 is 0. The molecule has 1 atom stereocenters. The number of aromatic nitrogens is 3. The molecule has 9 heteroatoms. The number of anilines is 1. The lowest BCUT2D eigenvalue weighted by atomic mass is 9.88. The van der Waals surface area contributed by atoms with Crippen molar-refractivity contribution < 1.29 is 23.9 Å². The summed E-state index contributed by atoms with van der Waals surface area (Å²) in [6.45, 7) is 2.47. The van der Waals surface area contributed by atoms with Gasteiger partial charge in [-0.2, -0.15) is 0 Å². The van der Waals surface area contributed by atoms with Crippen LogP contribution in [0.15, 0.2) is 96.3 Å². The van der Waals surface area contributed by atoms with Gasteiger partial charge in [0, 0.05) is 40.4 Å². The summed E-state index contributed by atoms with van der Waals surface area (Å²) in [6, 6.07) is 21.5. The van der Waals surface area contributed by atoms with Crippen LogP contribution in [-0.2, 0) is 22.6 Å². The highest BCUT2D eigenvalue weighted by Crippen LogP contribution is 2.39. The Bertz CT molecular complexity index is 1880. The molecule has 1 aliphatic heterocycles. The number of hydrogen-bond donors (Lipinski definition) is 0. The highest BCUT2D eigenvalue weighted by atomic mass is 16.5. The smallest absolute Gasteiger partial charge is 0.234 e. The Morgan fingerprint density at radius 3 is 2.24 bits per heavy atom. The molecule has 42 heavy (non-hydrogen) atoms. The Balaban J connectivity index is 1.13. The molecule has 7 rings (SSSR count). The third-order valence-electron chi connectivity index (χ3n) is 7.76. The number of benzene rings is 3. The van der Waals surface area contributed by atoms with Crippen molar-refractivity contribution in [2.24, 2.45) is 0 Å². The normalized spacial score (nSPS) is 17.5. The molecule has 1 aromatic heterocycles. The van der Waals surface area contributed by atoms with E-state index in [1.807, 2.05) is 37.3 Å². The van der Waals surface area contributed by atoms with Gasteiger partial charge < -0.3 is 9.64 Å². The van der Waals surface area contributed by atoms with E-state index in [0.717, 1.165) is 11.3 Å². The summed E-state index contributed by atoms with van der Waals surface area (Å²) in [5.74, 6) is -1.06. The minimum absolute atomic E-state index is 0.191. The van der Waals surface area contributed by atoms with Crippen molar-refractivity contribution >= 4 is 34.6 Å². The van der Waals surface area contributed by atoms with Crippen molar-refractivity contribution in [2.75, 3.05) is 4.90 Å². The van der Waals surface area contributed by atoms with Crippen LogP contribution in [0.2, 0.25) is 0 Å². The van der Waals surface area contributed by atoms with Gasteiger partial charge in [0.05, 0.1) is 30.6 Å². The first kappa shape index (κ1) is 25.5. The number of rotatable bonds is 6. The molecule has 9 nitrogen and oxygen atoms in total. The predicted molar refractivity (Wildman–Crippen MR) is 153 cm³/mol. The van der Waals surface area contributed by atoms with E-state index in [1.54, 1.807) is 58.2 Å². The highest BCUT2D eigenvalue weighted by Gasteiger charge is 2.40. The number of ether oxygens (including phenoxy) is 1. The average Bonchev–Trinajstić information content (AvgIpc) is 3.64. The molecule has 2 aliphatic carbocycles. The zero-order chi connectivity index (χ0) is 29.0. The van der Waals surface area contributed by atoms with Crippen molar-refractivity contribution in [1.29, 1.82) is 0 Å². The van der Waals surface area contributed by atoms with Gasteiger partial charge in [0.2, 0.25) is 17.3 Å². The van der Waals surface area contributed by atoms with E-state index >= 15 is 0 Å². The van der Waals surface area contributed by atoms with Crippen LogP contribution in [0.3, 0.4) is 0 Å². The molecule has 0 radical (unpaired) electrons. The largest absolute Gasteiger partial charge is 0.487 e. The number of aryl methyl sites for hydroxylation is 1. The van der Waals surface area contributed by atoms with Crippen LogP contribution >= 0.6 is 0 Å². The molecule has 0 N–H and O–H groups in total. The molecule has 206 valence electrons. The van der Waals surface area contributed by atoms with Gasteiger partial charge in [-0.3, -0.25) is 19.2 Å². The van der Waals surface area contributed by atoms with Crippen molar-refractivity contribution in [3.63, 3.8) is 0 Å². The van der Waals surface area contributed by atoms with E-state index in [1.165, 1.54) is 6.08 Å². The van der Waals surface area contributed by atoms with Gasteiger partial charge in [0.15, 0.2) is 5.78 Å². The van der Waals surface area contributed by atoms with E-state index in [0.29, 0.717) is 52.2 Å². The van der Waals surface area contributed by atoms with Crippen LogP contribution in [0.5, 0.6) is 0 Å². The third kappa shape index (κ3) is 4.26. The maximum atomic E-state index is 13.6. The molecule has 0 saturated heterocycles. The van der Waals surface area contributed by atoms with Crippen LogP contribution in [0.4, 0.5) is 5.69 Å². The molecular weight excluding hydrogens is 532 g/mol. The Labute approximate surface area is 240 Å². The fourth-order valence-corrected chi connectivity index (χ4v) is 5.68. The maximum absolute atomic E-state index is 13.6. The van der Waals surface area contributed by atoms with E-state index in [2.05, 4.69) is 10.3 Å². The SMILES string of the molecule is Cc1ccc(N(Cc2cn(CC3CC4=C(O3)c3ccccc3C(=O)C4=O)nn2)C2=CC(=O)c3ccccc3C2=O)cc1. The van der Waals surface area contributed by atoms with Gasteiger partial charge >= 0.3 is 0 Å².